The number of carboxylic acids is 1. The average Bonchev–Trinajstić information content (AvgIpc) is 3.34. The topological polar surface area (TPSA) is 116 Å². The molecule has 8 nitrogen and oxygen atoms in total. The van der Waals surface area contributed by atoms with Crippen LogP contribution in [0.5, 0.6) is 0 Å². The Morgan fingerprint density at radius 3 is 2.14 bits per heavy atom. The number of carbonyl (C=O) groups excluding carboxylic acids is 3. The van der Waals surface area contributed by atoms with E-state index in [4.69, 9.17) is 0 Å². The van der Waals surface area contributed by atoms with Crippen molar-refractivity contribution in [3.05, 3.63) is 102 Å². The summed E-state index contributed by atoms with van der Waals surface area (Å²) in [6, 6.07) is 23.0. The highest BCUT2D eigenvalue weighted by molar-refractivity contribution is 6.04. The molecule has 2 atom stereocenters. The molecule has 0 saturated carbocycles. The molecule has 3 aromatic carbocycles. The number of rotatable bonds is 9. The van der Waals surface area contributed by atoms with Crippen LogP contribution in [0.1, 0.15) is 34.3 Å². The summed E-state index contributed by atoms with van der Waals surface area (Å²) in [5.41, 5.74) is 2.59. The van der Waals surface area contributed by atoms with Gasteiger partial charge in [-0.15, -0.1) is 0 Å². The summed E-state index contributed by atoms with van der Waals surface area (Å²) in [5, 5.41) is 15.6. The Hall–Kier alpha value is -4.46. The van der Waals surface area contributed by atoms with Crippen LogP contribution < -0.4 is 10.6 Å². The summed E-state index contributed by atoms with van der Waals surface area (Å²) >= 11 is 0. The van der Waals surface area contributed by atoms with Crippen molar-refractivity contribution in [2.75, 3.05) is 5.32 Å². The van der Waals surface area contributed by atoms with Crippen molar-refractivity contribution in [3.8, 4) is 0 Å². The fourth-order valence-corrected chi connectivity index (χ4v) is 4.19. The standard InChI is InChI=1S/C28H27N3O5/c32-25-16-15-23(30-25)27(34)31(18-20-7-3-1-4-8-20)24(28(35)36)17-19-11-13-22(14-12-19)29-26(33)21-9-5-2-6-10-21/h1-14,23-24H,15-18H2,(H,29,33)(H,30,32)(H,35,36). The normalized spacial score (nSPS) is 15.6. The van der Waals surface area contributed by atoms with E-state index >= 15 is 0 Å². The number of aliphatic carboxylic acids is 1. The molecule has 0 aliphatic carbocycles. The fraction of sp³-hybridized carbons (Fsp3) is 0.214. The summed E-state index contributed by atoms with van der Waals surface area (Å²) in [4.78, 5) is 51.1. The third kappa shape index (κ3) is 6.15. The average molecular weight is 486 g/mol. The number of anilines is 1. The van der Waals surface area contributed by atoms with Gasteiger partial charge in [-0.05, 0) is 41.8 Å². The van der Waals surface area contributed by atoms with Crippen molar-refractivity contribution in [2.24, 2.45) is 0 Å². The first-order valence-corrected chi connectivity index (χ1v) is 11.7. The Morgan fingerprint density at radius 2 is 1.56 bits per heavy atom. The van der Waals surface area contributed by atoms with Gasteiger partial charge in [0, 0.05) is 30.6 Å². The van der Waals surface area contributed by atoms with Gasteiger partial charge in [0.2, 0.25) is 11.8 Å². The first-order chi connectivity index (χ1) is 17.4. The smallest absolute Gasteiger partial charge is 0.326 e. The van der Waals surface area contributed by atoms with E-state index in [1.54, 1.807) is 48.5 Å². The molecule has 1 fully saturated rings. The van der Waals surface area contributed by atoms with E-state index in [1.807, 2.05) is 36.4 Å². The number of hydrogen-bond donors (Lipinski definition) is 3. The van der Waals surface area contributed by atoms with E-state index in [-0.39, 0.29) is 31.2 Å². The Morgan fingerprint density at radius 1 is 0.917 bits per heavy atom. The van der Waals surface area contributed by atoms with Crippen LogP contribution in [0.15, 0.2) is 84.9 Å². The van der Waals surface area contributed by atoms with E-state index < -0.39 is 24.0 Å². The van der Waals surface area contributed by atoms with Gasteiger partial charge in [-0.25, -0.2) is 4.79 Å². The van der Waals surface area contributed by atoms with Crippen molar-refractivity contribution in [1.82, 2.24) is 10.2 Å². The number of carbonyl (C=O) groups is 4. The molecule has 0 radical (unpaired) electrons. The van der Waals surface area contributed by atoms with Crippen molar-refractivity contribution >= 4 is 29.4 Å². The first-order valence-electron chi connectivity index (χ1n) is 11.7. The van der Waals surface area contributed by atoms with Gasteiger partial charge >= 0.3 is 5.97 Å². The predicted molar refractivity (Wildman–Crippen MR) is 134 cm³/mol. The molecule has 1 aliphatic rings. The van der Waals surface area contributed by atoms with E-state index in [2.05, 4.69) is 10.6 Å². The summed E-state index contributed by atoms with van der Waals surface area (Å²) in [7, 11) is 0. The number of benzene rings is 3. The Labute approximate surface area is 208 Å². The maximum Gasteiger partial charge on any atom is 0.326 e. The van der Waals surface area contributed by atoms with Crippen LogP contribution >= 0.6 is 0 Å². The fourth-order valence-electron chi connectivity index (χ4n) is 4.19. The van der Waals surface area contributed by atoms with Gasteiger partial charge in [-0.2, -0.15) is 0 Å². The SMILES string of the molecule is O=C1CCC(C(=O)N(Cc2ccccc2)C(Cc2ccc(NC(=O)c3ccccc3)cc2)C(=O)O)N1. The minimum Gasteiger partial charge on any atom is -0.480 e. The number of amides is 3. The second-order valence-corrected chi connectivity index (χ2v) is 8.69. The molecule has 0 bridgehead atoms. The lowest BCUT2D eigenvalue weighted by Crippen LogP contribution is -2.52. The Balaban J connectivity index is 1.52. The monoisotopic (exact) mass is 485 g/mol. The molecule has 3 aromatic rings. The summed E-state index contributed by atoms with van der Waals surface area (Å²) in [6.07, 6.45) is 0.649. The van der Waals surface area contributed by atoms with E-state index in [9.17, 15) is 24.3 Å². The molecule has 8 heteroatoms. The second kappa shape index (κ2) is 11.3. The lowest BCUT2D eigenvalue weighted by atomic mass is 10.0. The second-order valence-electron chi connectivity index (χ2n) is 8.69. The van der Waals surface area contributed by atoms with Gasteiger partial charge in [-0.3, -0.25) is 14.4 Å². The van der Waals surface area contributed by atoms with Gasteiger partial charge in [0.25, 0.3) is 5.91 Å². The van der Waals surface area contributed by atoms with Crippen LogP contribution in [0, 0.1) is 0 Å². The van der Waals surface area contributed by atoms with E-state index in [0.29, 0.717) is 23.2 Å². The summed E-state index contributed by atoms with van der Waals surface area (Å²) in [5.74, 6) is -2.01. The molecule has 4 rings (SSSR count). The van der Waals surface area contributed by atoms with Crippen molar-refractivity contribution in [2.45, 2.75) is 37.9 Å². The van der Waals surface area contributed by atoms with Gasteiger partial charge in [-0.1, -0.05) is 60.7 Å². The van der Waals surface area contributed by atoms with Crippen LogP contribution in [0.2, 0.25) is 0 Å². The quantitative estimate of drug-likeness (QED) is 0.430. The zero-order valence-electron chi connectivity index (χ0n) is 19.6. The minimum atomic E-state index is -1.14. The Bertz CT molecular complexity index is 1230. The predicted octanol–water partition coefficient (Wildman–Crippen LogP) is 3.24. The van der Waals surface area contributed by atoms with Gasteiger partial charge in [0.1, 0.15) is 12.1 Å². The van der Waals surface area contributed by atoms with Gasteiger partial charge in [0.15, 0.2) is 0 Å². The minimum absolute atomic E-state index is 0.0709. The summed E-state index contributed by atoms with van der Waals surface area (Å²) < 4.78 is 0. The van der Waals surface area contributed by atoms with Crippen molar-refractivity contribution in [3.63, 3.8) is 0 Å². The highest BCUT2D eigenvalue weighted by Crippen LogP contribution is 2.20. The molecule has 184 valence electrons. The first kappa shape index (κ1) is 24.7. The summed E-state index contributed by atoms with van der Waals surface area (Å²) in [6.45, 7) is 0.105. The maximum absolute atomic E-state index is 13.3. The van der Waals surface area contributed by atoms with Crippen LogP contribution in [-0.4, -0.2) is 45.8 Å². The Kier molecular flexibility index (Phi) is 7.75. The molecule has 3 amide bonds. The molecule has 1 aliphatic heterocycles. The number of nitrogens with zero attached hydrogens (tertiary/aromatic N) is 1. The van der Waals surface area contributed by atoms with Gasteiger partial charge < -0.3 is 20.6 Å². The zero-order valence-corrected chi connectivity index (χ0v) is 19.6. The maximum atomic E-state index is 13.3. The highest BCUT2D eigenvalue weighted by Gasteiger charge is 2.36. The van der Waals surface area contributed by atoms with Crippen LogP contribution in [-0.2, 0) is 27.3 Å². The third-order valence-corrected chi connectivity index (χ3v) is 6.11. The van der Waals surface area contributed by atoms with Crippen LogP contribution in [0.3, 0.4) is 0 Å². The van der Waals surface area contributed by atoms with Gasteiger partial charge in [0.05, 0.1) is 0 Å². The van der Waals surface area contributed by atoms with Crippen molar-refractivity contribution < 1.29 is 24.3 Å². The zero-order chi connectivity index (χ0) is 25.5. The molecule has 1 saturated heterocycles. The molecule has 1 heterocycles. The van der Waals surface area contributed by atoms with Crippen LogP contribution in [0.4, 0.5) is 5.69 Å². The number of nitrogens with one attached hydrogen (secondary N) is 2. The molecule has 0 aromatic heterocycles. The molecule has 2 unspecified atom stereocenters. The van der Waals surface area contributed by atoms with Crippen LogP contribution in [0.25, 0.3) is 0 Å². The molecular weight excluding hydrogens is 458 g/mol. The molecule has 3 N–H and O–H groups in total. The largest absolute Gasteiger partial charge is 0.480 e. The number of hydrogen-bond acceptors (Lipinski definition) is 4. The lowest BCUT2D eigenvalue weighted by Gasteiger charge is -2.31. The molecular formula is C28H27N3O5. The lowest BCUT2D eigenvalue weighted by molar-refractivity contribution is -0.151. The van der Waals surface area contributed by atoms with Crippen molar-refractivity contribution in [1.29, 1.82) is 0 Å². The highest BCUT2D eigenvalue weighted by atomic mass is 16.4. The van der Waals surface area contributed by atoms with E-state index in [1.165, 1.54) is 4.90 Å². The number of carboxylic acid groups (broad SMARTS) is 1. The van der Waals surface area contributed by atoms with E-state index in [0.717, 1.165) is 5.56 Å². The molecule has 0 spiro atoms. The third-order valence-electron chi connectivity index (χ3n) is 6.11. The molecule has 36 heavy (non-hydrogen) atoms.